The Morgan fingerprint density at radius 3 is 2.60 bits per heavy atom. The number of hydrogen-bond donors (Lipinski definition) is 3. The van der Waals surface area contributed by atoms with E-state index < -0.39 is 17.4 Å². The standard InChI is InChI=1S/C13H18N2O5/c1-13(2,8-11(17)18)15-10(16)5-6-14-12(19)9-4-3-7-20-9/h3-4,7H,5-6,8H2,1-2H3,(H,14,19)(H,15,16)(H,17,18). The van der Waals surface area contributed by atoms with E-state index in [1.807, 2.05) is 0 Å². The third-order valence-electron chi connectivity index (χ3n) is 2.45. The minimum atomic E-state index is -0.985. The second-order valence-corrected chi connectivity index (χ2v) is 4.99. The van der Waals surface area contributed by atoms with Crippen molar-refractivity contribution in [1.29, 1.82) is 0 Å². The zero-order valence-electron chi connectivity index (χ0n) is 11.4. The Kier molecular flexibility index (Phi) is 5.31. The van der Waals surface area contributed by atoms with Gasteiger partial charge in [-0.15, -0.1) is 0 Å². The zero-order chi connectivity index (χ0) is 15.2. The molecule has 0 aliphatic carbocycles. The molecule has 1 heterocycles. The summed E-state index contributed by atoms with van der Waals surface area (Å²) >= 11 is 0. The van der Waals surface area contributed by atoms with Crippen LogP contribution in [0.2, 0.25) is 0 Å². The molecule has 0 atom stereocenters. The lowest BCUT2D eigenvalue weighted by molar-refractivity contribution is -0.138. The highest BCUT2D eigenvalue weighted by Gasteiger charge is 2.23. The second kappa shape index (κ2) is 6.74. The van der Waals surface area contributed by atoms with Crippen molar-refractivity contribution in [2.45, 2.75) is 32.2 Å². The van der Waals surface area contributed by atoms with Gasteiger partial charge in [-0.05, 0) is 26.0 Å². The first-order valence-corrected chi connectivity index (χ1v) is 6.15. The lowest BCUT2D eigenvalue weighted by Crippen LogP contribution is -2.45. The van der Waals surface area contributed by atoms with E-state index >= 15 is 0 Å². The van der Waals surface area contributed by atoms with Crippen molar-refractivity contribution < 1.29 is 23.9 Å². The number of carbonyl (C=O) groups is 3. The highest BCUT2D eigenvalue weighted by molar-refractivity contribution is 5.91. The van der Waals surface area contributed by atoms with Crippen molar-refractivity contribution in [1.82, 2.24) is 10.6 Å². The van der Waals surface area contributed by atoms with Gasteiger partial charge in [0.1, 0.15) is 0 Å². The van der Waals surface area contributed by atoms with E-state index in [0.29, 0.717) is 0 Å². The number of furan rings is 1. The molecule has 7 heteroatoms. The van der Waals surface area contributed by atoms with Gasteiger partial charge in [0.15, 0.2) is 5.76 Å². The van der Waals surface area contributed by atoms with E-state index in [1.54, 1.807) is 19.9 Å². The van der Waals surface area contributed by atoms with Crippen LogP contribution in [0.1, 0.15) is 37.2 Å². The Hall–Kier alpha value is -2.31. The number of carbonyl (C=O) groups excluding carboxylic acids is 2. The highest BCUT2D eigenvalue weighted by atomic mass is 16.4. The molecular weight excluding hydrogens is 264 g/mol. The van der Waals surface area contributed by atoms with Gasteiger partial charge in [-0.1, -0.05) is 0 Å². The summed E-state index contributed by atoms with van der Waals surface area (Å²) in [7, 11) is 0. The summed E-state index contributed by atoms with van der Waals surface area (Å²) in [4.78, 5) is 33.7. The quantitative estimate of drug-likeness (QED) is 0.684. The summed E-state index contributed by atoms with van der Waals surface area (Å²) in [6.45, 7) is 3.40. The molecule has 2 amide bonds. The van der Waals surface area contributed by atoms with E-state index in [0.717, 1.165) is 0 Å². The molecule has 1 aromatic heterocycles. The maximum absolute atomic E-state index is 11.6. The number of nitrogens with one attached hydrogen (secondary N) is 2. The van der Waals surface area contributed by atoms with Gasteiger partial charge in [-0.3, -0.25) is 14.4 Å². The molecule has 0 spiro atoms. The topological polar surface area (TPSA) is 109 Å². The smallest absolute Gasteiger partial charge is 0.305 e. The molecule has 0 aromatic carbocycles. The fourth-order valence-electron chi connectivity index (χ4n) is 1.65. The van der Waals surface area contributed by atoms with Crippen LogP contribution in [0.25, 0.3) is 0 Å². The molecule has 7 nitrogen and oxygen atoms in total. The number of rotatable bonds is 7. The van der Waals surface area contributed by atoms with E-state index in [4.69, 9.17) is 9.52 Å². The maximum Gasteiger partial charge on any atom is 0.305 e. The lowest BCUT2D eigenvalue weighted by atomic mass is 10.0. The fourth-order valence-corrected chi connectivity index (χ4v) is 1.65. The van der Waals surface area contributed by atoms with Gasteiger partial charge in [0.05, 0.1) is 12.7 Å². The van der Waals surface area contributed by atoms with Crippen molar-refractivity contribution in [3.05, 3.63) is 24.2 Å². The number of hydrogen-bond acceptors (Lipinski definition) is 4. The first-order valence-electron chi connectivity index (χ1n) is 6.15. The minimum absolute atomic E-state index is 0.0650. The van der Waals surface area contributed by atoms with Crippen LogP contribution >= 0.6 is 0 Å². The summed E-state index contributed by atoms with van der Waals surface area (Å²) in [5, 5.41) is 13.8. The van der Waals surface area contributed by atoms with Crippen molar-refractivity contribution >= 4 is 17.8 Å². The predicted molar refractivity (Wildman–Crippen MR) is 70.1 cm³/mol. The monoisotopic (exact) mass is 282 g/mol. The average Bonchev–Trinajstić information content (AvgIpc) is 2.78. The van der Waals surface area contributed by atoms with E-state index in [-0.39, 0.29) is 31.1 Å². The molecule has 0 fully saturated rings. The van der Waals surface area contributed by atoms with Crippen molar-refractivity contribution in [2.24, 2.45) is 0 Å². The predicted octanol–water partition coefficient (Wildman–Crippen LogP) is 0.769. The van der Waals surface area contributed by atoms with E-state index in [9.17, 15) is 14.4 Å². The molecule has 1 aromatic rings. The molecule has 1 rings (SSSR count). The van der Waals surface area contributed by atoms with Gasteiger partial charge in [-0.25, -0.2) is 0 Å². The second-order valence-electron chi connectivity index (χ2n) is 4.99. The minimum Gasteiger partial charge on any atom is -0.481 e. The van der Waals surface area contributed by atoms with E-state index in [1.165, 1.54) is 12.3 Å². The van der Waals surface area contributed by atoms with Crippen LogP contribution in [-0.4, -0.2) is 35.0 Å². The Morgan fingerprint density at radius 2 is 2.05 bits per heavy atom. The summed E-state index contributed by atoms with van der Waals surface area (Å²) in [6, 6.07) is 3.11. The molecular formula is C13H18N2O5. The molecule has 0 bridgehead atoms. The Bertz CT molecular complexity index is 479. The molecule has 110 valence electrons. The van der Waals surface area contributed by atoms with Gasteiger partial charge < -0.3 is 20.2 Å². The number of carboxylic acid groups (broad SMARTS) is 1. The van der Waals surface area contributed by atoms with Crippen LogP contribution in [0.3, 0.4) is 0 Å². The maximum atomic E-state index is 11.6. The Morgan fingerprint density at radius 1 is 1.35 bits per heavy atom. The first kappa shape index (κ1) is 15.7. The lowest BCUT2D eigenvalue weighted by Gasteiger charge is -2.24. The summed E-state index contributed by atoms with van der Waals surface area (Å²) in [5.74, 6) is -1.53. The van der Waals surface area contributed by atoms with Crippen molar-refractivity contribution in [3.8, 4) is 0 Å². The largest absolute Gasteiger partial charge is 0.481 e. The van der Waals surface area contributed by atoms with Crippen LogP contribution in [0.15, 0.2) is 22.8 Å². The number of amides is 2. The molecule has 0 saturated heterocycles. The summed E-state index contributed by atoms with van der Waals surface area (Å²) in [5.41, 5.74) is -0.825. The van der Waals surface area contributed by atoms with Gasteiger partial charge in [0.25, 0.3) is 5.91 Å². The van der Waals surface area contributed by atoms with E-state index in [2.05, 4.69) is 10.6 Å². The number of carboxylic acids is 1. The summed E-state index contributed by atoms with van der Waals surface area (Å²) < 4.78 is 4.90. The SMILES string of the molecule is CC(C)(CC(=O)O)NC(=O)CCNC(=O)c1ccco1. The van der Waals surface area contributed by atoms with Crippen LogP contribution in [0.5, 0.6) is 0 Å². The van der Waals surface area contributed by atoms with Gasteiger partial charge in [-0.2, -0.15) is 0 Å². The highest BCUT2D eigenvalue weighted by Crippen LogP contribution is 2.08. The van der Waals surface area contributed by atoms with Gasteiger partial charge >= 0.3 is 5.97 Å². The third kappa shape index (κ3) is 5.55. The van der Waals surface area contributed by atoms with Crippen LogP contribution < -0.4 is 10.6 Å². The van der Waals surface area contributed by atoms with Crippen LogP contribution in [0.4, 0.5) is 0 Å². The van der Waals surface area contributed by atoms with Crippen molar-refractivity contribution in [2.75, 3.05) is 6.54 Å². The van der Waals surface area contributed by atoms with Crippen molar-refractivity contribution in [3.63, 3.8) is 0 Å². The molecule has 3 N–H and O–H groups in total. The molecule has 0 saturated carbocycles. The third-order valence-corrected chi connectivity index (χ3v) is 2.45. The molecule has 0 aliphatic heterocycles. The molecule has 20 heavy (non-hydrogen) atoms. The average molecular weight is 282 g/mol. The fraction of sp³-hybridized carbons (Fsp3) is 0.462. The molecule has 0 unspecified atom stereocenters. The number of aliphatic carboxylic acids is 1. The molecule has 0 aliphatic rings. The molecule has 0 radical (unpaired) electrons. The van der Waals surface area contributed by atoms with Gasteiger partial charge in [0.2, 0.25) is 5.91 Å². The van der Waals surface area contributed by atoms with Crippen LogP contribution in [0, 0.1) is 0 Å². The normalized spacial score (nSPS) is 10.9. The summed E-state index contributed by atoms with van der Waals surface area (Å²) in [6.07, 6.45) is 1.28. The zero-order valence-corrected chi connectivity index (χ0v) is 11.4. The Balaban J connectivity index is 2.30. The van der Waals surface area contributed by atoms with Crippen LogP contribution in [-0.2, 0) is 9.59 Å². The Labute approximate surface area is 116 Å². The van der Waals surface area contributed by atoms with Gasteiger partial charge in [0, 0.05) is 18.5 Å². The first-order chi connectivity index (χ1) is 9.30.